The van der Waals surface area contributed by atoms with Gasteiger partial charge in [0.05, 0.1) is 23.3 Å². The van der Waals surface area contributed by atoms with Crippen molar-refractivity contribution in [3.8, 4) is 12.1 Å². The van der Waals surface area contributed by atoms with Crippen molar-refractivity contribution in [2.75, 3.05) is 4.90 Å². The molecule has 0 aliphatic carbocycles. The predicted octanol–water partition coefficient (Wildman–Crippen LogP) is 13.0. The van der Waals surface area contributed by atoms with E-state index in [-0.39, 0.29) is 0 Å². The van der Waals surface area contributed by atoms with Crippen LogP contribution >= 0.6 is 0 Å². The molecule has 0 aromatic heterocycles. The molecule has 258 valence electrons. The number of para-hydroxylation sites is 2. The van der Waals surface area contributed by atoms with Crippen molar-refractivity contribution < 1.29 is 0 Å². The second kappa shape index (κ2) is 17.3. The summed E-state index contributed by atoms with van der Waals surface area (Å²) in [6.07, 6.45) is 5.78. The van der Waals surface area contributed by atoms with Gasteiger partial charge in [-0.05, 0) is 100 Å². The molecule has 0 bridgehead atoms. The Kier molecular flexibility index (Phi) is 11.3. The number of hydrogen-bond acceptors (Lipinski definition) is 3. The normalized spacial score (nSPS) is 11.5. The zero-order valence-electron chi connectivity index (χ0n) is 30.0. The molecular weight excluding hydrogens is 655 g/mol. The van der Waals surface area contributed by atoms with Gasteiger partial charge in [0.1, 0.15) is 0 Å². The van der Waals surface area contributed by atoms with Crippen molar-refractivity contribution in [3.05, 3.63) is 233 Å². The van der Waals surface area contributed by atoms with Gasteiger partial charge in [-0.1, -0.05) is 158 Å². The van der Waals surface area contributed by atoms with E-state index in [9.17, 15) is 10.5 Å². The Labute approximate surface area is 318 Å². The molecule has 0 N–H and O–H groups in total. The highest BCUT2D eigenvalue weighted by atomic mass is 15.1. The summed E-state index contributed by atoms with van der Waals surface area (Å²) in [5.74, 6) is 0.327. The lowest BCUT2D eigenvalue weighted by Gasteiger charge is -2.25. The van der Waals surface area contributed by atoms with Gasteiger partial charge in [-0.25, -0.2) is 0 Å². The van der Waals surface area contributed by atoms with E-state index >= 15 is 0 Å². The molecule has 0 fully saturated rings. The average molecular weight is 694 g/mol. The van der Waals surface area contributed by atoms with Gasteiger partial charge < -0.3 is 4.90 Å². The number of nitrogens with zero attached hydrogens (tertiary/aromatic N) is 3. The van der Waals surface area contributed by atoms with Crippen LogP contribution in [0.2, 0.25) is 0 Å². The van der Waals surface area contributed by atoms with Crippen LogP contribution in [0.25, 0.3) is 23.3 Å². The molecule has 54 heavy (non-hydrogen) atoms. The van der Waals surface area contributed by atoms with E-state index in [1.807, 2.05) is 84.9 Å². The minimum atomic E-state index is 0.327. The van der Waals surface area contributed by atoms with Crippen LogP contribution in [-0.4, -0.2) is 0 Å². The molecule has 0 atom stereocenters. The lowest BCUT2D eigenvalue weighted by Crippen LogP contribution is -2.09. The van der Waals surface area contributed by atoms with E-state index in [2.05, 4.69) is 138 Å². The maximum Gasteiger partial charge on any atom is 0.0998 e. The summed E-state index contributed by atoms with van der Waals surface area (Å²) in [5, 5.41) is 20.2. The van der Waals surface area contributed by atoms with Gasteiger partial charge in [0, 0.05) is 23.0 Å². The van der Waals surface area contributed by atoms with E-state index in [1.54, 1.807) is 0 Å². The average Bonchev–Trinajstić information content (AvgIpc) is 3.25. The second-order valence-corrected chi connectivity index (χ2v) is 13.2. The molecule has 3 heteroatoms. The van der Waals surface area contributed by atoms with Gasteiger partial charge in [-0.2, -0.15) is 10.5 Å². The van der Waals surface area contributed by atoms with Crippen LogP contribution in [0.4, 0.5) is 17.1 Å². The number of nitriles is 2. The van der Waals surface area contributed by atoms with E-state index in [0.29, 0.717) is 17.1 Å². The van der Waals surface area contributed by atoms with Gasteiger partial charge in [-0.3, -0.25) is 0 Å². The molecule has 0 unspecified atom stereocenters. The number of anilines is 3. The highest BCUT2D eigenvalue weighted by molar-refractivity contribution is 5.93. The molecule has 0 amide bonds. The smallest absolute Gasteiger partial charge is 0.0998 e. The standard InChI is InChI=1S/C51H39N3/c52-37-46(35-40-23-21-39(22-24-40)27-34-51(44-13-5-1-6-14-44)45-15-7-2-8-16-45)42-28-30-43(31-29-42)47(38-53)36-41-25-32-50(33-26-41)54(48-17-9-3-10-18-48)49-19-11-4-12-20-49/h1-26,28-33,35-36,51H,27,34H2/b46-35+,47-36+. The number of hydrogen-bond donors (Lipinski definition) is 0. The largest absolute Gasteiger partial charge is 0.311 e. The summed E-state index contributed by atoms with van der Waals surface area (Å²) < 4.78 is 0. The van der Waals surface area contributed by atoms with Crippen LogP contribution in [0.15, 0.2) is 194 Å². The molecule has 0 aliphatic rings. The Bertz CT molecular complexity index is 2320. The maximum atomic E-state index is 10.1. The van der Waals surface area contributed by atoms with Crippen molar-refractivity contribution in [1.82, 2.24) is 0 Å². The predicted molar refractivity (Wildman–Crippen MR) is 224 cm³/mol. The molecule has 7 rings (SSSR count). The zero-order chi connectivity index (χ0) is 37.0. The summed E-state index contributed by atoms with van der Waals surface area (Å²) in [6, 6.07) is 71.1. The van der Waals surface area contributed by atoms with Crippen LogP contribution in [0.1, 0.15) is 51.3 Å². The highest BCUT2D eigenvalue weighted by Gasteiger charge is 2.15. The van der Waals surface area contributed by atoms with E-state index in [4.69, 9.17) is 0 Å². The SMILES string of the molecule is N#C/C(=C\c1ccc(CCC(c2ccccc2)c2ccccc2)cc1)c1ccc(/C(C#N)=C/c2ccc(N(c3ccccc3)c3ccccc3)cc2)cc1. The topological polar surface area (TPSA) is 50.8 Å². The summed E-state index contributed by atoms with van der Waals surface area (Å²) in [5.41, 5.74) is 11.7. The third-order valence-corrected chi connectivity index (χ3v) is 9.66. The van der Waals surface area contributed by atoms with Gasteiger partial charge in [0.2, 0.25) is 0 Å². The fourth-order valence-corrected chi connectivity index (χ4v) is 6.83. The first-order valence-electron chi connectivity index (χ1n) is 18.2. The van der Waals surface area contributed by atoms with Crippen LogP contribution < -0.4 is 4.90 Å². The Morgan fingerprint density at radius 3 is 1.22 bits per heavy atom. The second-order valence-electron chi connectivity index (χ2n) is 13.2. The first-order chi connectivity index (χ1) is 26.7. The monoisotopic (exact) mass is 693 g/mol. The quantitative estimate of drug-likeness (QED) is 0.0945. The van der Waals surface area contributed by atoms with Gasteiger partial charge >= 0.3 is 0 Å². The molecule has 0 saturated heterocycles. The molecule has 0 aliphatic heterocycles. The minimum Gasteiger partial charge on any atom is -0.311 e. The minimum absolute atomic E-state index is 0.327. The summed E-state index contributed by atoms with van der Waals surface area (Å²) in [7, 11) is 0. The molecule has 0 heterocycles. The molecule has 7 aromatic rings. The van der Waals surface area contributed by atoms with Crippen molar-refractivity contribution in [2.24, 2.45) is 0 Å². The third-order valence-electron chi connectivity index (χ3n) is 9.66. The van der Waals surface area contributed by atoms with E-state index in [1.165, 1.54) is 16.7 Å². The zero-order valence-corrected chi connectivity index (χ0v) is 30.0. The van der Waals surface area contributed by atoms with Crippen molar-refractivity contribution >= 4 is 40.4 Å². The third kappa shape index (κ3) is 8.63. The highest BCUT2D eigenvalue weighted by Crippen LogP contribution is 2.35. The molecule has 0 radical (unpaired) electrons. The molecule has 0 saturated carbocycles. The number of allylic oxidation sites excluding steroid dienone is 2. The first kappa shape index (κ1) is 35.2. The summed E-state index contributed by atoms with van der Waals surface area (Å²) in [6.45, 7) is 0. The lowest BCUT2D eigenvalue weighted by molar-refractivity contribution is 0.715. The fraction of sp³-hybridized carbons (Fsp3) is 0.0588. The lowest BCUT2D eigenvalue weighted by atomic mass is 9.86. The Hall–Kier alpha value is -7.20. The van der Waals surface area contributed by atoms with E-state index < -0.39 is 0 Å². The molecule has 3 nitrogen and oxygen atoms in total. The molecular formula is C51H39N3. The first-order valence-corrected chi connectivity index (χ1v) is 18.2. The fourth-order valence-electron chi connectivity index (χ4n) is 6.83. The number of aryl methyl sites for hydroxylation is 1. The maximum absolute atomic E-state index is 10.1. The van der Waals surface area contributed by atoms with Gasteiger partial charge in [-0.15, -0.1) is 0 Å². The van der Waals surface area contributed by atoms with Crippen molar-refractivity contribution in [3.63, 3.8) is 0 Å². The van der Waals surface area contributed by atoms with Crippen molar-refractivity contribution in [1.29, 1.82) is 10.5 Å². The summed E-state index contributed by atoms with van der Waals surface area (Å²) >= 11 is 0. The van der Waals surface area contributed by atoms with Gasteiger partial charge in [0.25, 0.3) is 0 Å². The van der Waals surface area contributed by atoms with Gasteiger partial charge in [0.15, 0.2) is 0 Å². The van der Waals surface area contributed by atoms with Crippen LogP contribution in [0.3, 0.4) is 0 Å². The van der Waals surface area contributed by atoms with E-state index in [0.717, 1.165) is 52.2 Å². The van der Waals surface area contributed by atoms with Crippen LogP contribution in [-0.2, 0) is 6.42 Å². The van der Waals surface area contributed by atoms with Crippen LogP contribution in [0, 0.1) is 22.7 Å². The number of rotatable bonds is 12. The van der Waals surface area contributed by atoms with Crippen molar-refractivity contribution in [2.45, 2.75) is 18.8 Å². The Morgan fingerprint density at radius 1 is 0.444 bits per heavy atom. The molecule has 7 aromatic carbocycles. The molecule has 0 spiro atoms. The van der Waals surface area contributed by atoms with Crippen LogP contribution in [0.5, 0.6) is 0 Å². The number of benzene rings is 7. The Morgan fingerprint density at radius 2 is 0.815 bits per heavy atom. The summed E-state index contributed by atoms with van der Waals surface area (Å²) in [4.78, 5) is 2.21. The Balaban J connectivity index is 1.04.